The van der Waals surface area contributed by atoms with Crippen molar-refractivity contribution >= 4 is 28.3 Å². The molecule has 0 spiro atoms. The van der Waals surface area contributed by atoms with Crippen molar-refractivity contribution in [3.8, 4) is 5.75 Å². The molecule has 1 aliphatic carbocycles. The second-order valence-corrected chi connectivity index (χ2v) is 7.76. The number of anilines is 1. The first kappa shape index (κ1) is 19.1. The number of aromatic nitrogens is 2. The number of methoxy groups -OCH3 is 1. The molecule has 2 N–H and O–H groups in total. The summed E-state index contributed by atoms with van der Waals surface area (Å²) in [6, 6.07) is 10.6. The summed E-state index contributed by atoms with van der Waals surface area (Å²) in [5.74, 6) is 0.128. The van der Waals surface area contributed by atoms with Crippen LogP contribution in [0.5, 0.6) is 5.75 Å². The van der Waals surface area contributed by atoms with Gasteiger partial charge < -0.3 is 10.1 Å². The molecule has 1 unspecified atom stereocenters. The summed E-state index contributed by atoms with van der Waals surface area (Å²) < 4.78 is 5.11. The van der Waals surface area contributed by atoms with Gasteiger partial charge in [0, 0.05) is 29.4 Å². The number of rotatable bonds is 6. The number of hydrogen-bond acceptors (Lipinski definition) is 6. The lowest BCUT2D eigenvalue weighted by molar-refractivity contribution is -0.122. The number of nitrogens with one attached hydrogen (secondary N) is 2. The molecule has 1 atom stereocenters. The zero-order valence-corrected chi connectivity index (χ0v) is 16.7. The number of pyridine rings is 1. The number of amides is 2. The van der Waals surface area contributed by atoms with E-state index < -0.39 is 0 Å². The van der Waals surface area contributed by atoms with Gasteiger partial charge in [0.1, 0.15) is 5.75 Å². The van der Waals surface area contributed by atoms with Crippen molar-refractivity contribution in [3.05, 3.63) is 70.5 Å². The molecule has 2 heterocycles. The first-order valence-electron chi connectivity index (χ1n) is 9.25. The number of thiazole rings is 1. The van der Waals surface area contributed by atoms with E-state index in [9.17, 15) is 9.59 Å². The average molecular weight is 408 g/mol. The number of aryl methyl sites for hydroxylation is 1. The fourth-order valence-corrected chi connectivity index (χ4v) is 4.29. The minimum Gasteiger partial charge on any atom is -0.497 e. The second kappa shape index (κ2) is 8.40. The van der Waals surface area contributed by atoms with Crippen LogP contribution in [0.3, 0.4) is 0 Å². The van der Waals surface area contributed by atoms with Crippen molar-refractivity contribution in [1.29, 1.82) is 0 Å². The smallest absolute Gasteiger partial charge is 0.257 e. The van der Waals surface area contributed by atoms with Crippen LogP contribution in [0.15, 0.2) is 48.8 Å². The van der Waals surface area contributed by atoms with Gasteiger partial charge in [0.15, 0.2) is 5.13 Å². The number of ether oxygens (including phenoxy) is 1. The van der Waals surface area contributed by atoms with Gasteiger partial charge in [-0.2, -0.15) is 0 Å². The van der Waals surface area contributed by atoms with Crippen LogP contribution in [0.1, 0.15) is 38.8 Å². The number of hydrogen-bond donors (Lipinski definition) is 2. The van der Waals surface area contributed by atoms with Crippen LogP contribution >= 0.6 is 11.3 Å². The maximum atomic E-state index is 12.6. The highest BCUT2D eigenvalue weighted by Gasteiger charge is 2.32. The molecule has 2 amide bonds. The fourth-order valence-electron chi connectivity index (χ4n) is 3.26. The molecule has 8 heteroatoms. The van der Waals surface area contributed by atoms with E-state index in [1.165, 1.54) is 11.3 Å². The zero-order valence-electron chi connectivity index (χ0n) is 15.8. The molecule has 2 aromatic heterocycles. The Morgan fingerprint density at radius 2 is 1.93 bits per heavy atom. The van der Waals surface area contributed by atoms with Gasteiger partial charge in [0.25, 0.3) is 5.91 Å². The highest BCUT2D eigenvalue weighted by Crippen LogP contribution is 2.38. The predicted molar refractivity (Wildman–Crippen MR) is 110 cm³/mol. The van der Waals surface area contributed by atoms with Crippen LogP contribution in [0.2, 0.25) is 0 Å². The molecule has 1 aromatic carbocycles. The van der Waals surface area contributed by atoms with Crippen LogP contribution in [0.25, 0.3) is 0 Å². The summed E-state index contributed by atoms with van der Waals surface area (Å²) in [6.45, 7) is 0.457. The largest absolute Gasteiger partial charge is 0.497 e. The molecule has 3 aromatic rings. The molecule has 29 heavy (non-hydrogen) atoms. The molecular weight excluding hydrogens is 388 g/mol. The summed E-state index contributed by atoms with van der Waals surface area (Å²) in [5.41, 5.74) is 2.29. The topological polar surface area (TPSA) is 93.2 Å². The van der Waals surface area contributed by atoms with E-state index >= 15 is 0 Å². The normalized spacial score (nSPS) is 14.9. The molecule has 0 aliphatic heterocycles. The summed E-state index contributed by atoms with van der Waals surface area (Å²) in [7, 11) is 1.58. The van der Waals surface area contributed by atoms with Gasteiger partial charge in [0.05, 0.1) is 18.7 Å². The van der Waals surface area contributed by atoms with Gasteiger partial charge in [-0.15, -0.1) is 11.3 Å². The summed E-state index contributed by atoms with van der Waals surface area (Å²) in [6.07, 6.45) is 4.93. The first-order chi connectivity index (χ1) is 14.1. The first-order valence-corrected chi connectivity index (χ1v) is 10.1. The molecule has 0 bridgehead atoms. The number of fused-ring (bicyclic) bond motifs is 1. The maximum absolute atomic E-state index is 12.6. The third kappa shape index (κ3) is 4.27. The molecule has 7 nitrogen and oxygen atoms in total. The molecular formula is C21H20N4O3S. The quantitative estimate of drug-likeness (QED) is 0.654. The third-order valence-corrected chi connectivity index (χ3v) is 5.87. The van der Waals surface area contributed by atoms with Gasteiger partial charge >= 0.3 is 0 Å². The minimum atomic E-state index is -0.283. The van der Waals surface area contributed by atoms with Crippen LogP contribution in [-0.4, -0.2) is 28.9 Å². The molecule has 4 rings (SSSR count). The summed E-state index contributed by atoms with van der Waals surface area (Å²) in [4.78, 5) is 34.6. The van der Waals surface area contributed by atoms with Gasteiger partial charge in [-0.1, -0.05) is 0 Å². The maximum Gasteiger partial charge on any atom is 0.257 e. The van der Waals surface area contributed by atoms with Crippen LogP contribution in [0, 0.1) is 0 Å². The molecule has 148 valence electrons. The standard InChI is InChI=1S/C21H20N4O3S/c1-28-15-4-2-14(3-5-15)19(26)25-21-24-18-16(6-7-17(18)29-21)20(27)23-12-13-8-10-22-11-9-13/h2-5,8-11,16H,6-7,12H2,1H3,(H,23,27)(H,24,25,26). The molecule has 0 fully saturated rings. The van der Waals surface area contributed by atoms with Crippen LogP contribution in [0.4, 0.5) is 5.13 Å². The van der Waals surface area contributed by atoms with Crippen LogP contribution in [-0.2, 0) is 17.8 Å². The molecule has 1 aliphatic rings. The predicted octanol–water partition coefficient (Wildman–Crippen LogP) is 3.15. The van der Waals surface area contributed by atoms with Crippen molar-refractivity contribution in [1.82, 2.24) is 15.3 Å². The Morgan fingerprint density at radius 3 is 2.66 bits per heavy atom. The lowest BCUT2D eigenvalue weighted by Crippen LogP contribution is -2.28. The lowest BCUT2D eigenvalue weighted by Gasteiger charge is -2.10. The second-order valence-electron chi connectivity index (χ2n) is 6.67. The Kier molecular flexibility index (Phi) is 5.53. The Balaban J connectivity index is 1.40. The van der Waals surface area contributed by atoms with E-state index in [2.05, 4.69) is 20.6 Å². The molecule has 0 saturated carbocycles. The SMILES string of the molecule is COc1ccc(C(=O)Nc2nc3c(s2)CCC3C(=O)NCc2ccncc2)cc1. The van der Waals surface area contributed by atoms with Crippen molar-refractivity contribution in [2.45, 2.75) is 25.3 Å². The Hall–Kier alpha value is -3.26. The van der Waals surface area contributed by atoms with E-state index in [4.69, 9.17) is 4.74 Å². The highest BCUT2D eigenvalue weighted by molar-refractivity contribution is 7.16. The average Bonchev–Trinajstić information content (AvgIpc) is 3.33. The van der Waals surface area contributed by atoms with E-state index in [-0.39, 0.29) is 17.7 Å². The highest BCUT2D eigenvalue weighted by atomic mass is 32.1. The van der Waals surface area contributed by atoms with Gasteiger partial charge in [-0.05, 0) is 54.8 Å². The minimum absolute atomic E-state index is 0.0427. The Morgan fingerprint density at radius 1 is 1.17 bits per heavy atom. The van der Waals surface area contributed by atoms with Crippen molar-refractivity contribution in [2.24, 2.45) is 0 Å². The van der Waals surface area contributed by atoms with Gasteiger partial charge in [-0.25, -0.2) is 4.98 Å². The Bertz CT molecular complexity index is 1020. The van der Waals surface area contributed by atoms with Crippen LogP contribution < -0.4 is 15.4 Å². The fraction of sp³-hybridized carbons (Fsp3) is 0.238. The van der Waals surface area contributed by atoms with E-state index in [0.717, 1.165) is 29.0 Å². The number of carbonyl (C=O) groups is 2. The third-order valence-electron chi connectivity index (χ3n) is 4.82. The van der Waals surface area contributed by atoms with E-state index in [0.29, 0.717) is 23.0 Å². The summed E-state index contributed by atoms with van der Waals surface area (Å²) in [5, 5.41) is 6.31. The summed E-state index contributed by atoms with van der Waals surface area (Å²) >= 11 is 1.43. The number of nitrogens with zero attached hydrogens (tertiary/aromatic N) is 2. The Labute approximate surface area is 172 Å². The molecule has 0 radical (unpaired) electrons. The lowest BCUT2D eigenvalue weighted by atomic mass is 10.1. The van der Waals surface area contributed by atoms with E-state index in [1.54, 1.807) is 43.8 Å². The van der Waals surface area contributed by atoms with E-state index in [1.807, 2.05) is 12.1 Å². The van der Waals surface area contributed by atoms with Crippen molar-refractivity contribution < 1.29 is 14.3 Å². The van der Waals surface area contributed by atoms with Crippen molar-refractivity contribution in [2.75, 3.05) is 12.4 Å². The zero-order chi connectivity index (χ0) is 20.2. The monoisotopic (exact) mass is 408 g/mol. The molecule has 0 saturated heterocycles. The van der Waals surface area contributed by atoms with Gasteiger partial charge in [0.2, 0.25) is 5.91 Å². The number of carbonyl (C=O) groups excluding carboxylic acids is 2. The van der Waals surface area contributed by atoms with Crippen molar-refractivity contribution in [3.63, 3.8) is 0 Å². The number of benzene rings is 1. The van der Waals surface area contributed by atoms with Gasteiger partial charge in [-0.3, -0.25) is 19.9 Å².